The first-order chi connectivity index (χ1) is 12.7. The molecule has 4 rings (SSSR count). The standard InChI is InChI=1S/C20H19N5O/c1-3-16-23-18-17(14-9-7-13(2)8-10-14)25-26-19(18)20(24-16)22-12-15-6-4-5-11-21-15/h4-11H,3,12H2,1-2H3,(H,22,23,24). The molecular formula is C20H19N5O. The molecule has 26 heavy (non-hydrogen) atoms. The van der Waals surface area contributed by atoms with Crippen LogP contribution < -0.4 is 5.32 Å². The molecule has 0 bridgehead atoms. The zero-order valence-corrected chi connectivity index (χ0v) is 14.7. The number of rotatable bonds is 5. The number of anilines is 1. The smallest absolute Gasteiger partial charge is 0.228 e. The van der Waals surface area contributed by atoms with Crippen LogP contribution in [0.1, 0.15) is 24.0 Å². The van der Waals surface area contributed by atoms with Gasteiger partial charge in [-0.25, -0.2) is 9.97 Å². The third-order valence-corrected chi connectivity index (χ3v) is 4.17. The highest BCUT2D eigenvalue weighted by Crippen LogP contribution is 2.30. The first-order valence-electron chi connectivity index (χ1n) is 8.61. The van der Waals surface area contributed by atoms with Crippen molar-refractivity contribution in [3.63, 3.8) is 0 Å². The van der Waals surface area contributed by atoms with Gasteiger partial charge in [0.1, 0.15) is 17.0 Å². The first-order valence-corrected chi connectivity index (χ1v) is 8.61. The molecule has 4 aromatic rings. The summed E-state index contributed by atoms with van der Waals surface area (Å²) in [6, 6.07) is 14.0. The lowest BCUT2D eigenvalue weighted by atomic mass is 10.1. The van der Waals surface area contributed by atoms with Crippen LogP contribution in [0.4, 0.5) is 5.82 Å². The van der Waals surface area contributed by atoms with Gasteiger partial charge in [0.05, 0.1) is 12.2 Å². The van der Waals surface area contributed by atoms with E-state index in [9.17, 15) is 0 Å². The van der Waals surface area contributed by atoms with Crippen LogP contribution in [0.25, 0.3) is 22.4 Å². The lowest BCUT2D eigenvalue weighted by molar-refractivity contribution is 0.459. The molecule has 1 aromatic carbocycles. The number of pyridine rings is 1. The van der Waals surface area contributed by atoms with E-state index in [-0.39, 0.29) is 0 Å². The van der Waals surface area contributed by atoms with E-state index in [1.165, 1.54) is 5.56 Å². The second-order valence-electron chi connectivity index (χ2n) is 6.09. The van der Waals surface area contributed by atoms with E-state index < -0.39 is 0 Å². The van der Waals surface area contributed by atoms with E-state index in [1.54, 1.807) is 6.20 Å². The maximum Gasteiger partial charge on any atom is 0.228 e. The summed E-state index contributed by atoms with van der Waals surface area (Å²) < 4.78 is 5.59. The van der Waals surface area contributed by atoms with Crippen LogP contribution in [0, 0.1) is 6.92 Å². The molecule has 0 spiro atoms. The molecule has 0 aliphatic heterocycles. The molecular weight excluding hydrogens is 326 g/mol. The minimum atomic E-state index is 0.552. The van der Waals surface area contributed by atoms with E-state index in [4.69, 9.17) is 4.52 Å². The van der Waals surface area contributed by atoms with Gasteiger partial charge in [0, 0.05) is 18.2 Å². The Hall–Kier alpha value is -3.28. The highest BCUT2D eigenvalue weighted by atomic mass is 16.5. The van der Waals surface area contributed by atoms with Gasteiger partial charge in [-0.2, -0.15) is 0 Å². The molecule has 0 saturated heterocycles. The summed E-state index contributed by atoms with van der Waals surface area (Å²) in [6.07, 6.45) is 2.50. The van der Waals surface area contributed by atoms with E-state index in [1.807, 2.05) is 37.3 Å². The molecule has 6 heteroatoms. The zero-order chi connectivity index (χ0) is 17.9. The molecule has 1 N–H and O–H groups in total. The Bertz CT molecular complexity index is 1030. The molecule has 130 valence electrons. The third kappa shape index (κ3) is 3.13. The van der Waals surface area contributed by atoms with E-state index in [0.717, 1.165) is 34.7 Å². The first kappa shape index (κ1) is 16.2. The van der Waals surface area contributed by atoms with Crippen molar-refractivity contribution in [1.82, 2.24) is 20.1 Å². The average Bonchev–Trinajstić information content (AvgIpc) is 3.11. The largest absolute Gasteiger partial charge is 0.361 e. The van der Waals surface area contributed by atoms with Crippen molar-refractivity contribution in [2.75, 3.05) is 5.32 Å². The van der Waals surface area contributed by atoms with Crippen LogP contribution in [0.2, 0.25) is 0 Å². The van der Waals surface area contributed by atoms with Crippen molar-refractivity contribution in [3.8, 4) is 11.3 Å². The van der Waals surface area contributed by atoms with E-state index in [0.29, 0.717) is 17.9 Å². The molecule has 6 nitrogen and oxygen atoms in total. The van der Waals surface area contributed by atoms with Gasteiger partial charge in [-0.15, -0.1) is 0 Å². The average molecular weight is 345 g/mol. The summed E-state index contributed by atoms with van der Waals surface area (Å²) in [4.78, 5) is 13.5. The maximum atomic E-state index is 5.59. The van der Waals surface area contributed by atoms with Crippen LogP contribution in [-0.2, 0) is 13.0 Å². The predicted molar refractivity (Wildman–Crippen MR) is 101 cm³/mol. The minimum Gasteiger partial charge on any atom is -0.361 e. The van der Waals surface area contributed by atoms with Gasteiger partial charge < -0.3 is 9.84 Å². The van der Waals surface area contributed by atoms with Gasteiger partial charge in [-0.3, -0.25) is 4.98 Å². The second-order valence-corrected chi connectivity index (χ2v) is 6.09. The van der Waals surface area contributed by atoms with E-state index >= 15 is 0 Å². The van der Waals surface area contributed by atoms with Crippen LogP contribution in [0.3, 0.4) is 0 Å². The summed E-state index contributed by atoms with van der Waals surface area (Å²) in [5.74, 6) is 1.39. The van der Waals surface area contributed by atoms with Gasteiger partial charge >= 0.3 is 0 Å². The molecule has 0 atom stereocenters. The summed E-state index contributed by atoms with van der Waals surface area (Å²) >= 11 is 0. The molecule has 3 heterocycles. The number of aryl methyl sites for hydroxylation is 2. The number of hydrogen-bond acceptors (Lipinski definition) is 6. The summed E-state index contributed by atoms with van der Waals surface area (Å²) in [7, 11) is 0. The van der Waals surface area contributed by atoms with Crippen LogP contribution in [-0.4, -0.2) is 20.1 Å². The van der Waals surface area contributed by atoms with Gasteiger partial charge in [0.2, 0.25) is 5.58 Å². The highest BCUT2D eigenvalue weighted by molar-refractivity contribution is 5.93. The van der Waals surface area contributed by atoms with Crippen LogP contribution in [0.15, 0.2) is 53.2 Å². The predicted octanol–water partition coefficient (Wildman–Crippen LogP) is 4.16. The Morgan fingerprint density at radius 3 is 2.62 bits per heavy atom. The zero-order valence-electron chi connectivity index (χ0n) is 14.7. The molecule has 0 aliphatic carbocycles. The second kappa shape index (κ2) is 6.92. The number of hydrogen-bond donors (Lipinski definition) is 1. The lowest BCUT2D eigenvalue weighted by Crippen LogP contribution is -2.05. The molecule has 0 aliphatic rings. The monoisotopic (exact) mass is 345 g/mol. The quantitative estimate of drug-likeness (QED) is 0.585. The summed E-state index contributed by atoms with van der Waals surface area (Å²) in [5.41, 5.74) is 5.13. The Morgan fingerprint density at radius 2 is 1.88 bits per heavy atom. The molecule has 3 aromatic heterocycles. The summed E-state index contributed by atoms with van der Waals surface area (Å²) in [5, 5.41) is 7.56. The normalized spacial score (nSPS) is 11.0. The van der Waals surface area contributed by atoms with Gasteiger partial charge in [-0.1, -0.05) is 48.0 Å². The van der Waals surface area contributed by atoms with Crippen molar-refractivity contribution in [2.24, 2.45) is 0 Å². The number of aromatic nitrogens is 4. The summed E-state index contributed by atoms with van der Waals surface area (Å²) in [6.45, 7) is 4.64. The Kier molecular flexibility index (Phi) is 4.31. The van der Waals surface area contributed by atoms with Crippen LogP contribution >= 0.6 is 0 Å². The van der Waals surface area contributed by atoms with Crippen LogP contribution in [0.5, 0.6) is 0 Å². The fraction of sp³-hybridized carbons (Fsp3) is 0.200. The fourth-order valence-corrected chi connectivity index (χ4v) is 2.73. The Morgan fingerprint density at radius 1 is 1.04 bits per heavy atom. The van der Waals surface area contributed by atoms with Gasteiger partial charge in [-0.05, 0) is 19.1 Å². The molecule has 0 saturated carbocycles. The number of nitrogens with zero attached hydrogens (tertiary/aromatic N) is 4. The number of nitrogens with one attached hydrogen (secondary N) is 1. The van der Waals surface area contributed by atoms with Crippen molar-refractivity contribution < 1.29 is 4.52 Å². The molecule has 0 fully saturated rings. The Balaban J connectivity index is 1.74. The van der Waals surface area contributed by atoms with Crippen molar-refractivity contribution in [2.45, 2.75) is 26.8 Å². The topological polar surface area (TPSA) is 76.7 Å². The van der Waals surface area contributed by atoms with Crippen molar-refractivity contribution in [1.29, 1.82) is 0 Å². The minimum absolute atomic E-state index is 0.552. The number of benzene rings is 1. The fourth-order valence-electron chi connectivity index (χ4n) is 2.73. The SMILES string of the molecule is CCc1nc(NCc2ccccn2)c2onc(-c3ccc(C)cc3)c2n1. The highest BCUT2D eigenvalue weighted by Gasteiger charge is 2.18. The molecule has 0 unspecified atom stereocenters. The number of fused-ring (bicyclic) bond motifs is 1. The van der Waals surface area contributed by atoms with Crippen molar-refractivity contribution in [3.05, 3.63) is 65.7 Å². The third-order valence-electron chi connectivity index (χ3n) is 4.17. The van der Waals surface area contributed by atoms with Gasteiger partial charge in [0.15, 0.2) is 5.82 Å². The van der Waals surface area contributed by atoms with E-state index in [2.05, 4.69) is 44.5 Å². The molecule has 0 radical (unpaired) electrons. The molecule has 0 amide bonds. The lowest BCUT2D eigenvalue weighted by Gasteiger charge is -2.07. The van der Waals surface area contributed by atoms with Gasteiger partial charge in [0.25, 0.3) is 0 Å². The maximum absolute atomic E-state index is 5.59. The Labute approximate surface area is 151 Å². The van der Waals surface area contributed by atoms with Crippen molar-refractivity contribution >= 4 is 16.9 Å².